The zero-order valence-corrected chi connectivity index (χ0v) is 8.11. The molecule has 0 aromatic heterocycles. The Morgan fingerprint density at radius 3 is 2.71 bits per heavy atom. The predicted molar refractivity (Wildman–Crippen MR) is 53.8 cm³/mol. The molecule has 1 aromatic carbocycles. The molecule has 0 heterocycles. The van der Waals surface area contributed by atoms with E-state index in [1.54, 1.807) is 6.07 Å². The van der Waals surface area contributed by atoms with E-state index in [4.69, 9.17) is 4.74 Å². The minimum atomic E-state index is -0.441. The molecule has 1 rings (SSSR count). The van der Waals surface area contributed by atoms with Crippen molar-refractivity contribution in [1.29, 1.82) is 0 Å². The van der Waals surface area contributed by atoms with Gasteiger partial charge in [-0.2, -0.15) is 0 Å². The molecule has 0 amide bonds. The Bertz CT molecular complexity index is 339. The Kier molecular flexibility index (Phi) is 3.28. The van der Waals surface area contributed by atoms with Gasteiger partial charge in [-0.25, -0.2) is 0 Å². The Balaban J connectivity index is 3.06. The van der Waals surface area contributed by atoms with E-state index < -0.39 is 4.92 Å². The summed E-state index contributed by atoms with van der Waals surface area (Å²) in [6.07, 6.45) is 0. The number of hydrogen-bond acceptors (Lipinski definition) is 4. The molecule has 14 heavy (non-hydrogen) atoms. The topological polar surface area (TPSA) is 64.4 Å². The lowest BCUT2D eigenvalue weighted by Gasteiger charge is -2.05. The lowest BCUT2D eigenvalue weighted by atomic mass is 10.2. The second-order valence-corrected chi connectivity index (χ2v) is 2.71. The van der Waals surface area contributed by atoms with Crippen molar-refractivity contribution in [3.63, 3.8) is 0 Å². The van der Waals surface area contributed by atoms with Crippen molar-refractivity contribution >= 4 is 11.4 Å². The summed E-state index contributed by atoms with van der Waals surface area (Å²) in [6.45, 7) is 2.63. The lowest BCUT2D eigenvalue weighted by Crippen LogP contribution is -1.98. The molecule has 0 radical (unpaired) electrons. The molecule has 1 aromatic rings. The first-order valence-corrected chi connectivity index (χ1v) is 4.24. The lowest BCUT2D eigenvalue weighted by molar-refractivity contribution is -0.384. The number of anilines is 1. The maximum atomic E-state index is 10.5. The number of nitrogens with one attached hydrogen (secondary N) is 1. The molecular formula is C9H12N2O3. The Labute approximate surface area is 81.8 Å². The number of hydrogen-bond donors (Lipinski definition) is 1. The smallest absolute Gasteiger partial charge is 0.275 e. The molecule has 0 aliphatic rings. The molecule has 0 saturated carbocycles. The molecular weight excluding hydrogens is 184 g/mol. The first-order valence-electron chi connectivity index (χ1n) is 4.24. The third-order valence-corrected chi connectivity index (χ3v) is 1.72. The first kappa shape index (κ1) is 10.3. The number of ether oxygens (including phenoxy) is 1. The fourth-order valence-corrected chi connectivity index (χ4v) is 1.11. The second-order valence-electron chi connectivity index (χ2n) is 2.71. The molecule has 5 nitrogen and oxygen atoms in total. The van der Waals surface area contributed by atoms with Crippen LogP contribution in [0.4, 0.5) is 11.4 Å². The van der Waals surface area contributed by atoms with Gasteiger partial charge >= 0.3 is 0 Å². The van der Waals surface area contributed by atoms with Gasteiger partial charge in [0.15, 0.2) is 0 Å². The van der Waals surface area contributed by atoms with Gasteiger partial charge < -0.3 is 10.1 Å². The normalized spacial score (nSPS) is 9.57. The van der Waals surface area contributed by atoms with Crippen molar-refractivity contribution in [2.45, 2.75) is 6.92 Å². The van der Waals surface area contributed by atoms with Crippen LogP contribution in [-0.2, 0) is 0 Å². The average molecular weight is 196 g/mol. The number of nitrogens with zero attached hydrogens (tertiary/aromatic N) is 1. The summed E-state index contributed by atoms with van der Waals surface area (Å²) in [5, 5.41) is 13.5. The SMILES string of the molecule is CCNc1cc(OC)cc([N+](=O)[O-])c1. The highest BCUT2D eigenvalue weighted by Gasteiger charge is 2.09. The molecule has 5 heteroatoms. The van der Waals surface area contributed by atoms with E-state index in [2.05, 4.69) is 5.32 Å². The fraction of sp³-hybridized carbons (Fsp3) is 0.333. The van der Waals surface area contributed by atoms with Crippen molar-refractivity contribution in [1.82, 2.24) is 0 Å². The minimum absolute atomic E-state index is 0.0281. The fourth-order valence-electron chi connectivity index (χ4n) is 1.11. The Morgan fingerprint density at radius 2 is 2.21 bits per heavy atom. The van der Waals surface area contributed by atoms with Crippen LogP contribution in [0.15, 0.2) is 18.2 Å². The van der Waals surface area contributed by atoms with Gasteiger partial charge in [-0.05, 0) is 6.92 Å². The summed E-state index contributed by atoms with van der Waals surface area (Å²) in [5.41, 5.74) is 0.721. The summed E-state index contributed by atoms with van der Waals surface area (Å²) in [6, 6.07) is 4.59. The molecule has 0 unspecified atom stereocenters. The first-order chi connectivity index (χ1) is 6.67. The maximum Gasteiger partial charge on any atom is 0.275 e. The Hall–Kier alpha value is -1.78. The van der Waals surface area contributed by atoms with E-state index >= 15 is 0 Å². The second kappa shape index (κ2) is 4.45. The number of benzene rings is 1. The summed E-state index contributed by atoms with van der Waals surface area (Å²) < 4.78 is 4.95. The van der Waals surface area contributed by atoms with Crippen LogP contribution in [0, 0.1) is 10.1 Å². The van der Waals surface area contributed by atoms with Crippen LogP contribution >= 0.6 is 0 Å². The van der Waals surface area contributed by atoms with Gasteiger partial charge in [-0.15, -0.1) is 0 Å². The van der Waals surface area contributed by atoms with E-state index in [9.17, 15) is 10.1 Å². The van der Waals surface area contributed by atoms with Gasteiger partial charge in [-0.3, -0.25) is 10.1 Å². The molecule has 0 aliphatic carbocycles. The largest absolute Gasteiger partial charge is 0.496 e. The van der Waals surface area contributed by atoms with E-state index in [-0.39, 0.29) is 5.69 Å². The van der Waals surface area contributed by atoms with Crippen molar-refractivity contribution < 1.29 is 9.66 Å². The zero-order valence-electron chi connectivity index (χ0n) is 8.11. The third kappa shape index (κ3) is 2.35. The van der Waals surface area contributed by atoms with Gasteiger partial charge in [0.25, 0.3) is 5.69 Å². The molecule has 76 valence electrons. The van der Waals surface area contributed by atoms with Crippen LogP contribution in [0.5, 0.6) is 5.75 Å². The van der Waals surface area contributed by atoms with Crippen LogP contribution in [0.1, 0.15) is 6.92 Å². The molecule has 0 fully saturated rings. The van der Waals surface area contributed by atoms with Gasteiger partial charge in [0, 0.05) is 24.4 Å². The number of methoxy groups -OCH3 is 1. The Morgan fingerprint density at radius 1 is 1.50 bits per heavy atom. The van der Waals surface area contributed by atoms with E-state index in [1.165, 1.54) is 19.2 Å². The molecule has 0 saturated heterocycles. The monoisotopic (exact) mass is 196 g/mol. The zero-order chi connectivity index (χ0) is 10.6. The van der Waals surface area contributed by atoms with Crippen LogP contribution in [-0.4, -0.2) is 18.6 Å². The highest BCUT2D eigenvalue weighted by molar-refractivity contribution is 5.56. The van der Waals surface area contributed by atoms with Gasteiger partial charge in [0.2, 0.25) is 0 Å². The van der Waals surface area contributed by atoms with Gasteiger partial charge in [-0.1, -0.05) is 0 Å². The van der Waals surface area contributed by atoms with Crippen LogP contribution < -0.4 is 10.1 Å². The minimum Gasteiger partial charge on any atom is -0.496 e. The van der Waals surface area contributed by atoms with Crippen LogP contribution in [0.3, 0.4) is 0 Å². The summed E-state index contributed by atoms with van der Waals surface area (Å²) in [4.78, 5) is 10.1. The number of non-ortho nitro benzene ring substituents is 1. The summed E-state index contributed by atoms with van der Waals surface area (Å²) >= 11 is 0. The average Bonchev–Trinajstić information content (AvgIpc) is 2.17. The number of rotatable bonds is 4. The number of nitro groups is 1. The van der Waals surface area contributed by atoms with E-state index in [0.29, 0.717) is 18.0 Å². The highest BCUT2D eigenvalue weighted by Crippen LogP contribution is 2.25. The van der Waals surface area contributed by atoms with Gasteiger partial charge in [0.1, 0.15) is 5.75 Å². The molecule has 0 aliphatic heterocycles. The maximum absolute atomic E-state index is 10.5. The molecule has 0 bridgehead atoms. The predicted octanol–water partition coefficient (Wildman–Crippen LogP) is 2.04. The van der Waals surface area contributed by atoms with E-state index in [0.717, 1.165) is 0 Å². The van der Waals surface area contributed by atoms with Gasteiger partial charge in [0.05, 0.1) is 18.1 Å². The standard InChI is InChI=1S/C9H12N2O3/c1-3-10-7-4-8(11(12)13)6-9(5-7)14-2/h4-6,10H,3H2,1-2H3. The number of nitro benzene ring substituents is 1. The molecule has 1 N–H and O–H groups in total. The molecule has 0 spiro atoms. The van der Waals surface area contributed by atoms with Crippen molar-refractivity contribution in [2.75, 3.05) is 19.0 Å². The third-order valence-electron chi connectivity index (χ3n) is 1.72. The van der Waals surface area contributed by atoms with Crippen molar-refractivity contribution in [2.24, 2.45) is 0 Å². The molecule has 0 atom stereocenters. The van der Waals surface area contributed by atoms with Crippen molar-refractivity contribution in [3.05, 3.63) is 28.3 Å². The summed E-state index contributed by atoms with van der Waals surface area (Å²) in [5.74, 6) is 0.482. The van der Waals surface area contributed by atoms with Crippen LogP contribution in [0.2, 0.25) is 0 Å². The summed E-state index contributed by atoms with van der Waals surface area (Å²) in [7, 11) is 1.48. The van der Waals surface area contributed by atoms with E-state index in [1.807, 2.05) is 6.92 Å². The van der Waals surface area contributed by atoms with Crippen molar-refractivity contribution in [3.8, 4) is 5.75 Å². The quantitative estimate of drug-likeness (QED) is 0.591. The van der Waals surface area contributed by atoms with Crippen LogP contribution in [0.25, 0.3) is 0 Å². The highest BCUT2D eigenvalue weighted by atomic mass is 16.6.